The maximum Gasteiger partial charge on any atom is 0.320 e. The third kappa shape index (κ3) is 5.09. The number of rotatable bonds is 5. The number of urea groups is 1. The van der Waals surface area contributed by atoms with Crippen LogP contribution in [0.5, 0.6) is 0 Å². The maximum absolute atomic E-state index is 12.6. The van der Waals surface area contributed by atoms with Crippen LogP contribution in [0.2, 0.25) is 0 Å². The molecule has 0 aliphatic heterocycles. The largest absolute Gasteiger partial charge is 0.481 e. The van der Waals surface area contributed by atoms with Crippen molar-refractivity contribution in [2.24, 2.45) is 0 Å². The van der Waals surface area contributed by atoms with Gasteiger partial charge in [0.05, 0.1) is 6.42 Å². The molecule has 5 nitrogen and oxygen atoms in total. The van der Waals surface area contributed by atoms with Crippen LogP contribution in [0.4, 0.5) is 4.79 Å². The lowest BCUT2D eigenvalue weighted by Gasteiger charge is -2.43. The summed E-state index contributed by atoms with van der Waals surface area (Å²) < 4.78 is 0. The van der Waals surface area contributed by atoms with Crippen molar-refractivity contribution in [2.75, 3.05) is 13.6 Å². The Bertz CT molecular complexity index is 332. The van der Waals surface area contributed by atoms with Crippen LogP contribution in [0, 0.1) is 0 Å². The Hall–Kier alpha value is -1.26. The smallest absolute Gasteiger partial charge is 0.320 e. The summed E-state index contributed by atoms with van der Waals surface area (Å²) in [6, 6.07) is -0.124. The fourth-order valence-electron chi connectivity index (χ4n) is 1.60. The highest BCUT2D eigenvalue weighted by molar-refractivity contribution is 5.76. The quantitative estimate of drug-likeness (QED) is 0.837. The standard InChI is InChI=1S/C14H28N2O3/c1-8-14(5,6)15(7)12(19)16(13(2,3)4)10-9-11(17)18/h8-10H2,1-7H3,(H,17,18). The van der Waals surface area contributed by atoms with Gasteiger partial charge in [-0.3, -0.25) is 4.79 Å². The second-order valence-corrected chi connectivity index (χ2v) is 6.47. The Balaban J connectivity index is 5.07. The summed E-state index contributed by atoms with van der Waals surface area (Å²) in [5.41, 5.74) is -0.644. The van der Waals surface area contributed by atoms with E-state index in [1.165, 1.54) is 0 Å². The first-order chi connectivity index (χ1) is 8.43. The molecule has 0 atom stereocenters. The lowest BCUT2D eigenvalue weighted by molar-refractivity contribution is -0.137. The lowest BCUT2D eigenvalue weighted by atomic mass is 9.99. The van der Waals surface area contributed by atoms with Gasteiger partial charge < -0.3 is 14.9 Å². The predicted octanol–water partition coefficient (Wildman–Crippen LogP) is 2.80. The van der Waals surface area contributed by atoms with Crippen LogP contribution >= 0.6 is 0 Å². The predicted molar refractivity (Wildman–Crippen MR) is 76.2 cm³/mol. The average Bonchev–Trinajstić information content (AvgIpc) is 2.25. The first kappa shape index (κ1) is 17.7. The molecular formula is C14H28N2O3. The van der Waals surface area contributed by atoms with Crippen molar-refractivity contribution in [3.8, 4) is 0 Å². The van der Waals surface area contributed by atoms with Crippen LogP contribution in [0.3, 0.4) is 0 Å². The molecular weight excluding hydrogens is 244 g/mol. The van der Waals surface area contributed by atoms with Gasteiger partial charge in [-0.05, 0) is 41.0 Å². The Kier molecular flexibility index (Phi) is 5.84. The van der Waals surface area contributed by atoms with Crippen LogP contribution < -0.4 is 0 Å². The third-order valence-corrected chi connectivity index (χ3v) is 3.65. The van der Waals surface area contributed by atoms with Crippen molar-refractivity contribution in [1.82, 2.24) is 9.80 Å². The Morgan fingerprint density at radius 1 is 1.11 bits per heavy atom. The van der Waals surface area contributed by atoms with Crippen LogP contribution in [0.25, 0.3) is 0 Å². The van der Waals surface area contributed by atoms with Crippen LogP contribution in [-0.4, -0.2) is 51.6 Å². The van der Waals surface area contributed by atoms with Crippen molar-refractivity contribution < 1.29 is 14.7 Å². The summed E-state index contributed by atoms with van der Waals surface area (Å²) in [5, 5.41) is 8.80. The van der Waals surface area contributed by atoms with E-state index < -0.39 is 11.5 Å². The highest BCUT2D eigenvalue weighted by atomic mass is 16.4. The Morgan fingerprint density at radius 2 is 1.58 bits per heavy atom. The van der Waals surface area contributed by atoms with E-state index in [4.69, 9.17) is 5.11 Å². The summed E-state index contributed by atoms with van der Waals surface area (Å²) in [7, 11) is 1.77. The van der Waals surface area contributed by atoms with E-state index in [0.717, 1.165) is 6.42 Å². The summed E-state index contributed by atoms with van der Waals surface area (Å²) in [4.78, 5) is 26.6. The van der Waals surface area contributed by atoms with E-state index in [2.05, 4.69) is 0 Å². The monoisotopic (exact) mass is 272 g/mol. The average molecular weight is 272 g/mol. The molecule has 0 aromatic rings. The number of hydrogen-bond donors (Lipinski definition) is 1. The summed E-state index contributed by atoms with van der Waals surface area (Å²) in [6.07, 6.45) is 0.801. The topological polar surface area (TPSA) is 60.9 Å². The van der Waals surface area contributed by atoms with E-state index in [-0.39, 0.29) is 24.5 Å². The molecule has 0 aromatic carbocycles. The van der Waals surface area contributed by atoms with Gasteiger partial charge in [0.25, 0.3) is 0 Å². The van der Waals surface area contributed by atoms with E-state index in [1.54, 1.807) is 16.8 Å². The van der Waals surface area contributed by atoms with Gasteiger partial charge in [0.1, 0.15) is 0 Å². The molecule has 0 aromatic heterocycles. The molecule has 0 rings (SSSR count). The zero-order valence-corrected chi connectivity index (χ0v) is 13.3. The second kappa shape index (κ2) is 6.26. The van der Waals surface area contributed by atoms with Crippen molar-refractivity contribution >= 4 is 12.0 Å². The van der Waals surface area contributed by atoms with Gasteiger partial charge in [0.2, 0.25) is 0 Å². The highest BCUT2D eigenvalue weighted by Gasteiger charge is 2.34. The van der Waals surface area contributed by atoms with Gasteiger partial charge in [0, 0.05) is 24.7 Å². The Labute approximate surface area is 116 Å². The van der Waals surface area contributed by atoms with E-state index in [1.807, 2.05) is 41.5 Å². The number of amides is 2. The second-order valence-electron chi connectivity index (χ2n) is 6.47. The van der Waals surface area contributed by atoms with Crippen molar-refractivity contribution in [3.05, 3.63) is 0 Å². The molecule has 0 unspecified atom stereocenters. The molecule has 112 valence electrons. The fraction of sp³-hybridized carbons (Fsp3) is 0.857. The minimum atomic E-state index is -0.889. The minimum Gasteiger partial charge on any atom is -0.481 e. The normalized spacial score (nSPS) is 12.2. The van der Waals surface area contributed by atoms with Crippen LogP contribution in [0.15, 0.2) is 0 Å². The van der Waals surface area contributed by atoms with E-state index in [9.17, 15) is 9.59 Å². The number of nitrogens with zero attached hydrogens (tertiary/aromatic N) is 2. The minimum absolute atomic E-state index is 0.0383. The number of carbonyl (C=O) groups is 2. The van der Waals surface area contributed by atoms with Gasteiger partial charge >= 0.3 is 12.0 Å². The number of aliphatic carboxylic acids is 1. The molecule has 0 aliphatic rings. The lowest BCUT2D eigenvalue weighted by Crippen LogP contribution is -2.56. The zero-order valence-electron chi connectivity index (χ0n) is 13.3. The number of carboxylic acids is 1. The molecule has 0 heterocycles. The van der Waals surface area contributed by atoms with Gasteiger partial charge in [0.15, 0.2) is 0 Å². The molecule has 0 saturated heterocycles. The molecule has 0 bridgehead atoms. The van der Waals surface area contributed by atoms with Crippen molar-refractivity contribution in [2.45, 2.75) is 65.5 Å². The fourth-order valence-corrected chi connectivity index (χ4v) is 1.60. The Morgan fingerprint density at radius 3 is 1.89 bits per heavy atom. The van der Waals surface area contributed by atoms with Gasteiger partial charge in [-0.25, -0.2) is 4.79 Å². The van der Waals surface area contributed by atoms with Crippen LogP contribution in [0.1, 0.15) is 54.4 Å². The molecule has 0 saturated carbocycles. The molecule has 0 spiro atoms. The van der Waals surface area contributed by atoms with Gasteiger partial charge in [-0.15, -0.1) is 0 Å². The van der Waals surface area contributed by atoms with Crippen molar-refractivity contribution in [1.29, 1.82) is 0 Å². The first-order valence-corrected chi connectivity index (χ1v) is 6.70. The molecule has 0 fully saturated rings. The number of carbonyl (C=O) groups excluding carboxylic acids is 1. The third-order valence-electron chi connectivity index (χ3n) is 3.65. The van der Waals surface area contributed by atoms with Crippen molar-refractivity contribution in [3.63, 3.8) is 0 Å². The maximum atomic E-state index is 12.6. The zero-order chi connectivity index (χ0) is 15.4. The number of hydrogen-bond acceptors (Lipinski definition) is 2. The first-order valence-electron chi connectivity index (χ1n) is 6.70. The molecule has 0 radical (unpaired) electrons. The molecule has 0 aliphatic carbocycles. The van der Waals surface area contributed by atoms with Gasteiger partial charge in [-0.1, -0.05) is 6.92 Å². The summed E-state index contributed by atoms with van der Waals surface area (Å²) >= 11 is 0. The highest BCUT2D eigenvalue weighted by Crippen LogP contribution is 2.22. The molecule has 2 amide bonds. The number of carboxylic acid groups (broad SMARTS) is 1. The SMILES string of the molecule is CCC(C)(C)N(C)C(=O)N(CCC(=O)O)C(C)(C)C. The summed E-state index contributed by atoms with van der Waals surface area (Å²) in [5.74, 6) is -0.889. The molecule has 1 N–H and O–H groups in total. The van der Waals surface area contributed by atoms with E-state index in [0.29, 0.717) is 0 Å². The van der Waals surface area contributed by atoms with Crippen LogP contribution in [-0.2, 0) is 4.79 Å². The van der Waals surface area contributed by atoms with Gasteiger partial charge in [-0.2, -0.15) is 0 Å². The molecule has 5 heteroatoms. The summed E-state index contributed by atoms with van der Waals surface area (Å²) in [6.45, 7) is 12.0. The van der Waals surface area contributed by atoms with E-state index >= 15 is 0 Å². The molecule has 19 heavy (non-hydrogen) atoms.